The van der Waals surface area contributed by atoms with E-state index in [2.05, 4.69) is 40.3 Å². The lowest BCUT2D eigenvalue weighted by Crippen LogP contribution is -2.40. The van der Waals surface area contributed by atoms with Crippen molar-refractivity contribution in [2.24, 2.45) is 0 Å². The minimum atomic E-state index is -0.391. The number of hydrogen-bond donors (Lipinski definition) is 2. The van der Waals surface area contributed by atoms with Crippen molar-refractivity contribution in [2.75, 3.05) is 13.2 Å². The van der Waals surface area contributed by atoms with Crippen LogP contribution in [0.25, 0.3) is 0 Å². The summed E-state index contributed by atoms with van der Waals surface area (Å²) in [7, 11) is 0. The summed E-state index contributed by atoms with van der Waals surface area (Å²) in [5.41, 5.74) is 1.21. The van der Waals surface area contributed by atoms with Crippen LogP contribution in [0.5, 0.6) is 0 Å². The quantitative estimate of drug-likeness (QED) is 0.891. The second-order valence-corrected chi connectivity index (χ2v) is 5.07. The fraction of sp³-hybridized carbons (Fsp3) is 0.500. The van der Waals surface area contributed by atoms with E-state index in [4.69, 9.17) is 4.74 Å². The monoisotopic (exact) mass is 285 g/mol. The van der Waals surface area contributed by atoms with Gasteiger partial charge in [-0.05, 0) is 24.6 Å². The molecule has 2 N–H and O–H groups in total. The topological polar surface area (TPSA) is 41.5 Å². The smallest absolute Gasteiger partial charge is 0.0948 e. The van der Waals surface area contributed by atoms with Crippen molar-refractivity contribution in [3.05, 3.63) is 34.3 Å². The van der Waals surface area contributed by atoms with Gasteiger partial charge in [0.1, 0.15) is 0 Å². The van der Waals surface area contributed by atoms with Gasteiger partial charge in [0.15, 0.2) is 0 Å². The summed E-state index contributed by atoms with van der Waals surface area (Å²) in [6.45, 7) is 3.11. The number of benzene rings is 1. The maximum absolute atomic E-state index is 9.63. The minimum absolute atomic E-state index is 0.0404. The molecule has 0 bridgehead atoms. The van der Waals surface area contributed by atoms with Crippen LogP contribution >= 0.6 is 15.9 Å². The number of nitrogens with one attached hydrogen (secondary N) is 1. The highest BCUT2D eigenvalue weighted by Crippen LogP contribution is 2.18. The third kappa shape index (κ3) is 2.83. The Balaban J connectivity index is 1.97. The number of aliphatic hydroxyl groups excluding tert-OH is 1. The van der Waals surface area contributed by atoms with E-state index in [0.717, 1.165) is 4.47 Å². The van der Waals surface area contributed by atoms with Gasteiger partial charge in [-0.3, -0.25) is 0 Å². The van der Waals surface area contributed by atoms with E-state index in [9.17, 15) is 5.11 Å². The summed E-state index contributed by atoms with van der Waals surface area (Å²) in [4.78, 5) is 0. The standard InChI is InChI=1S/C12H16BrNO2/c1-8(9-2-4-10(13)5-3-9)14-11-6-16-7-12(11)15/h2-5,8,11-12,14-15H,6-7H2,1H3/t8-,11?,12?/m0/s1. The van der Waals surface area contributed by atoms with Crippen LogP contribution in [0.15, 0.2) is 28.7 Å². The van der Waals surface area contributed by atoms with Gasteiger partial charge in [0.05, 0.1) is 25.4 Å². The number of ether oxygens (including phenoxy) is 1. The fourth-order valence-electron chi connectivity index (χ4n) is 1.87. The van der Waals surface area contributed by atoms with Crippen molar-refractivity contribution in [1.29, 1.82) is 0 Å². The zero-order valence-electron chi connectivity index (χ0n) is 9.19. The predicted octanol–water partition coefficient (Wildman–Crippen LogP) is 1.86. The van der Waals surface area contributed by atoms with Crippen LogP contribution in [0.2, 0.25) is 0 Å². The van der Waals surface area contributed by atoms with Crippen LogP contribution in [0.1, 0.15) is 18.5 Å². The first-order valence-electron chi connectivity index (χ1n) is 5.44. The molecule has 1 fully saturated rings. The van der Waals surface area contributed by atoms with E-state index in [1.54, 1.807) is 0 Å². The Labute approximate surface area is 104 Å². The molecule has 2 rings (SSSR count). The molecule has 2 unspecified atom stereocenters. The van der Waals surface area contributed by atoms with Gasteiger partial charge in [0.2, 0.25) is 0 Å². The lowest BCUT2D eigenvalue weighted by atomic mass is 10.1. The maximum atomic E-state index is 9.63. The molecular weight excluding hydrogens is 270 g/mol. The van der Waals surface area contributed by atoms with Crippen LogP contribution < -0.4 is 5.32 Å². The van der Waals surface area contributed by atoms with Gasteiger partial charge >= 0.3 is 0 Å². The van der Waals surface area contributed by atoms with Crippen LogP contribution in [0, 0.1) is 0 Å². The highest BCUT2D eigenvalue weighted by Gasteiger charge is 2.27. The number of halogens is 1. The zero-order chi connectivity index (χ0) is 11.5. The lowest BCUT2D eigenvalue weighted by Gasteiger charge is -2.21. The van der Waals surface area contributed by atoms with Gasteiger partial charge in [-0.15, -0.1) is 0 Å². The summed E-state index contributed by atoms with van der Waals surface area (Å²) in [5, 5.41) is 13.0. The van der Waals surface area contributed by atoms with Gasteiger partial charge in [-0.1, -0.05) is 28.1 Å². The Bertz CT molecular complexity index is 341. The second kappa shape index (κ2) is 5.27. The first-order chi connectivity index (χ1) is 7.66. The molecule has 0 radical (unpaired) electrons. The van der Waals surface area contributed by atoms with Gasteiger partial charge in [0, 0.05) is 10.5 Å². The third-order valence-electron chi connectivity index (χ3n) is 2.88. The van der Waals surface area contributed by atoms with E-state index in [0.29, 0.717) is 13.2 Å². The molecule has 1 aliphatic rings. The molecule has 1 aromatic carbocycles. The summed E-state index contributed by atoms with van der Waals surface area (Å²) in [6.07, 6.45) is -0.391. The van der Waals surface area contributed by atoms with Crippen LogP contribution in [0.4, 0.5) is 0 Å². The van der Waals surface area contributed by atoms with E-state index in [1.807, 2.05) is 12.1 Å². The molecule has 0 spiro atoms. The predicted molar refractivity (Wildman–Crippen MR) is 66.3 cm³/mol. The minimum Gasteiger partial charge on any atom is -0.389 e. The Morgan fingerprint density at radius 2 is 2.06 bits per heavy atom. The molecule has 0 saturated carbocycles. The average molecular weight is 286 g/mol. The van der Waals surface area contributed by atoms with Crippen molar-refractivity contribution in [3.8, 4) is 0 Å². The molecule has 16 heavy (non-hydrogen) atoms. The van der Waals surface area contributed by atoms with Gasteiger partial charge in [-0.25, -0.2) is 0 Å². The maximum Gasteiger partial charge on any atom is 0.0948 e. The summed E-state index contributed by atoms with van der Waals surface area (Å²) >= 11 is 3.41. The zero-order valence-corrected chi connectivity index (χ0v) is 10.8. The molecule has 1 heterocycles. The first-order valence-corrected chi connectivity index (χ1v) is 6.23. The van der Waals surface area contributed by atoms with Gasteiger partial charge < -0.3 is 15.2 Å². The molecule has 1 aromatic rings. The Hall–Kier alpha value is -0.420. The number of hydrogen-bond acceptors (Lipinski definition) is 3. The highest BCUT2D eigenvalue weighted by molar-refractivity contribution is 9.10. The Kier molecular flexibility index (Phi) is 3.97. The molecule has 4 heteroatoms. The van der Waals surface area contributed by atoms with Crippen molar-refractivity contribution < 1.29 is 9.84 Å². The molecular formula is C12H16BrNO2. The number of rotatable bonds is 3. The van der Waals surface area contributed by atoms with E-state index in [-0.39, 0.29) is 12.1 Å². The van der Waals surface area contributed by atoms with Crippen molar-refractivity contribution >= 4 is 15.9 Å². The Morgan fingerprint density at radius 1 is 1.38 bits per heavy atom. The van der Waals surface area contributed by atoms with Crippen LogP contribution in [-0.4, -0.2) is 30.5 Å². The molecule has 0 aromatic heterocycles. The summed E-state index contributed by atoms with van der Waals surface area (Å²) < 4.78 is 6.28. The van der Waals surface area contributed by atoms with Crippen LogP contribution in [0.3, 0.4) is 0 Å². The highest BCUT2D eigenvalue weighted by atomic mass is 79.9. The molecule has 0 aliphatic carbocycles. The van der Waals surface area contributed by atoms with Crippen molar-refractivity contribution in [2.45, 2.75) is 25.1 Å². The first kappa shape index (κ1) is 12.0. The second-order valence-electron chi connectivity index (χ2n) is 4.15. The van der Waals surface area contributed by atoms with Gasteiger partial charge in [0.25, 0.3) is 0 Å². The lowest BCUT2D eigenvalue weighted by molar-refractivity contribution is 0.121. The Morgan fingerprint density at radius 3 is 2.62 bits per heavy atom. The molecule has 3 atom stereocenters. The molecule has 3 nitrogen and oxygen atoms in total. The van der Waals surface area contributed by atoms with E-state index in [1.165, 1.54) is 5.56 Å². The molecule has 88 valence electrons. The van der Waals surface area contributed by atoms with E-state index >= 15 is 0 Å². The average Bonchev–Trinajstić information content (AvgIpc) is 2.65. The number of aliphatic hydroxyl groups is 1. The fourth-order valence-corrected chi connectivity index (χ4v) is 2.14. The molecule has 1 saturated heterocycles. The van der Waals surface area contributed by atoms with E-state index < -0.39 is 6.10 Å². The largest absolute Gasteiger partial charge is 0.389 e. The molecule has 1 aliphatic heterocycles. The third-order valence-corrected chi connectivity index (χ3v) is 3.41. The SMILES string of the molecule is C[C@H](NC1COCC1O)c1ccc(Br)cc1. The van der Waals surface area contributed by atoms with Crippen molar-refractivity contribution in [3.63, 3.8) is 0 Å². The van der Waals surface area contributed by atoms with Crippen molar-refractivity contribution in [1.82, 2.24) is 5.32 Å². The molecule has 0 amide bonds. The summed E-state index contributed by atoms with van der Waals surface area (Å²) in [5.74, 6) is 0. The van der Waals surface area contributed by atoms with Gasteiger partial charge in [-0.2, -0.15) is 0 Å². The summed E-state index contributed by atoms with van der Waals surface area (Å²) in [6, 6.07) is 8.45. The van der Waals surface area contributed by atoms with Crippen LogP contribution in [-0.2, 0) is 4.74 Å². The normalized spacial score (nSPS) is 26.9.